The Morgan fingerprint density at radius 2 is 2.09 bits per heavy atom. The van der Waals surface area contributed by atoms with Gasteiger partial charge in [0.2, 0.25) is 0 Å². The van der Waals surface area contributed by atoms with Crippen LogP contribution < -0.4 is 5.32 Å². The smallest absolute Gasteiger partial charge is 0.193 e. The average Bonchev–Trinajstić information content (AvgIpc) is 3.12. The van der Waals surface area contributed by atoms with E-state index < -0.39 is 0 Å². The number of hydrogen-bond acceptors (Lipinski definition) is 3. The molecule has 1 spiro atoms. The average molecular weight is 424 g/mol. The summed E-state index contributed by atoms with van der Waals surface area (Å²) in [7, 11) is 1.89. The minimum Gasteiger partial charge on any atom is -0.381 e. The van der Waals surface area contributed by atoms with Crippen molar-refractivity contribution in [3.63, 3.8) is 0 Å². The van der Waals surface area contributed by atoms with Gasteiger partial charge in [-0.3, -0.25) is 9.89 Å². The molecule has 22 heavy (non-hydrogen) atoms. The molecular formula is C16H33IN4O. The lowest BCUT2D eigenvalue weighted by Gasteiger charge is -2.29. The lowest BCUT2D eigenvalue weighted by Crippen LogP contribution is -2.47. The predicted molar refractivity (Wildman–Crippen MR) is 103 cm³/mol. The van der Waals surface area contributed by atoms with Crippen molar-refractivity contribution >= 4 is 29.9 Å². The van der Waals surface area contributed by atoms with E-state index in [4.69, 9.17) is 4.74 Å². The molecule has 2 saturated heterocycles. The van der Waals surface area contributed by atoms with Crippen LogP contribution in [0, 0.1) is 5.41 Å². The first kappa shape index (κ1) is 20.0. The van der Waals surface area contributed by atoms with Gasteiger partial charge in [0, 0.05) is 44.7 Å². The summed E-state index contributed by atoms with van der Waals surface area (Å²) in [5, 5.41) is 3.56. The van der Waals surface area contributed by atoms with E-state index in [1.165, 1.54) is 12.8 Å². The Balaban J connectivity index is 0.00000242. The molecule has 0 aromatic heterocycles. The first-order valence-electron chi connectivity index (χ1n) is 8.41. The third kappa shape index (κ3) is 4.71. The highest BCUT2D eigenvalue weighted by Gasteiger charge is 2.42. The van der Waals surface area contributed by atoms with Crippen LogP contribution in [0.3, 0.4) is 0 Å². The monoisotopic (exact) mass is 424 g/mol. The normalized spacial score (nSPS) is 26.6. The molecule has 2 aliphatic rings. The predicted octanol–water partition coefficient (Wildman–Crippen LogP) is 2.02. The number of likely N-dealkylation sites (N-methyl/N-ethyl adjacent to an activating group) is 1. The summed E-state index contributed by atoms with van der Waals surface area (Å²) < 4.78 is 5.61. The summed E-state index contributed by atoms with van der Waals surface area (Å²) in [6.07, 6.45) is 2.44. The Morgan fingerprint density at radius 1 is 1.36 bits per heavy atom. The number of aliphatic imine (C=N–C) groups is 1. The molecule has 0 aromatic carbocycles. The Morgan fingerprint density at radius 3 is 2.64 bits per heavy atom. The van der Waals surface area contributed by atoms with Gasteiger partial charge in [0.25, 0.3) is 0 Å². The summed E-state index contributed by atoms with van der Waals surface area (Å²) in [4.78, 5) is 9.35. The topological polar surface area (TPSA) is 40.1 Å². The Kier molecular flexibility index (Phi) is 8.42. The highest BCUT2D eigenvalue weighted by Crippen LogP contribution is 2.38. The van der Waals surface area contributed by atoms with Crippen molar-refractivity contribution in [3.8, 4) is 0 Å². The lowest BCUT2D eigenvalue weighted by atomic mass is 9.87. The van der Waals surface area contributed by atoms with Crippen LogP contribution in [-0.4, -0.2) is 74.8 Å². The fraction of sp³-hybridized carbons (Fsp3) is 0.938. The zero-order chi connectivity index (χ0) is 15.3. The van der Waals surface area contributed by atoms with Crippen molar-refractivity contribution in [1.82, 2.24) is 15.1 Å². The second-order valence-corrected chi connectivity index (χ2v) is 6.47. The third-order valence-corrected chi connectivity index (χ3v) is 5.13. The molecule has 0 aromatic rings. The second-order valence-electron chi connectivity index (χ2n) is 6.47. The van der Waals surface area contributed by atoms with Crippen LogP contribution in [0.5, 0.6) is 0 Å². The molecular weight excluding hydrogens is 391 g/mol. The van der Waals surface area contributed by atoms with Crippen molar-refractivity contribution in [3.05, 3.63) is 0 Å². The van der Waals surface area contributed by atoms with Crippen LogP contribution in [0.25, 0.3) is 0 Å². The lowest BCUT2D eigenvalue weighted by molar-refractivity contribution is 0.156. The van der Waals surface area contributed by atoms with Crippen LogP contribution in [0.4, 0.5) is 0 Å². The van der Waals surface area contributed by atoms with Crippen molar-refractivity contribution < 1.29 is 4.74 Å². The molecule has 2 atom stereocenters. The number of guanidine groups is 1. The third-order valence-electron chi connectivity index (χ3n) is 5.13. The van der Waals surface area contributed by atoms with Gasteiger partial charge in [0.15, 0.2) is 5.96 Å². The van der Waals surface area contributed by atoms with Gasteiger partial charge >= 0.3 is 0 Å². The molecule has 0 bridgehead atoms. The standard InChI is InChI=1S/C16H32N4O.HI/c1-5-19(6-2)14(3)11-18-15(17-4)20-9-7-16(12-20)8-10-21-13-16;/h14H,5-13H2,1-4H3,(H,17,18);1H. The van der Waals surface area contributed by atoms with Gasteiger partial charge in [0.05, 0.1) is 6.61 Å². The van der Waals surface area contributed by atoms with Crippen LogP contribution >= 0.6 is 24.0 Å². The van der Waals surface area contributed by atoms with Crippen molar-refractivity contribution in [1.29, 1.82) is 0 Å². The van der Waals surface area contributed by atoms with Gasteiger partial charge in [-0.25, -0.2) is 0 Å². The molecule has 5 nitrogen and oxygen atoms in total. The maximum Gasteiger partial charge on any atom is 0.193 e. The highest BCUT2D eigenvalue weighted by molar-refractivity contribution is 14.0. The molecule has 1 N–H and O–H groups in total. The highest BCUT2D eigenvalue weighted by atomic mass is 127. The van der Waals surface area contributed by atoms with Crippen molar-refractivity contribution in [2.24, 2.45) is 10.4 Å². The number of nitrogens with zero attached hydrogens (tertiary/aromatic N) is 3. The second kappa shape index (κ2) is 9.27. The molecule has 2 rings (SSSR count). The molecule has 0 saturated carbocycles. The van der Waals surface area contributed by atoms with Gasteiger partial charge in [0.1, 0.15) is 0 Å². The Hall–Kier alpha value is -0.0800. The van der Waals surface area contributed by atoms with Gasteiger partial charge in [-0.05, 0) is 32.9 Å². The van der Waals surface area contributed by atoms with Crippen LogP contribution in [0.2, 0.25) is 0 Å². The largest absolute Gasteiger partial charge is 0.381 e. The van der Waals surface area contributed by atoms with E-state index in [0.29, 0.717) is 11.5 Å². The molecule has 2 aliphatic heterocycles. The van der Waals surface area contributed by atoms with E-state index in [-0.39, 0.29) is 24.0 Å². The summed E-state index contributed by atoms with van der Waals surface area (Å²) in [6, 6.07) is 0.531. The number of rotatable bonds is 5. The molecule has 6 heteroatoms. The summed E-state index contributed by atoms with van der Waals surface area (Å²) in [6.45, 7) is 13.9. The van der Waals surface area contributed by atoms with E-state index >= 15 is 0 Å². The Bertz CT molecular complexity index is 354. The zero-order valence-corrected chi connectivity index (χ0v) is 16.9. The fourth-order valence-corrected chi connectivity index (χ4v) is 3.63. The SMILES string of the molecule is CCN(CC)C(C)CNC(=NC)N1CCC2(CCOC2)C1.I. The van der Waals surface area contributed by atoms with Crippen LogP contribution in [-0.2, 0) is 4.74 Å². The Labute approximate surface area is 152 Å². The molecule has 2 unspecified atom stereocenters. The van der Waals surface area contributed by atoms with Crippen LogP contribution in [0.1, 0.15) is 33.6 Å². The fourth-order valence-electron chi connectivity index (χ4n) is 3.63. The quantitative estimate of drug-likeness (QED) is 0.417. The first-order chi connectivity index (χ1) is 10.1. The van der Waals surface area contributed by atoms with Crippen molar-refractivity contribution in [2.75, 3.05) is 53.0 Å². The molecule has 2 fully saturated rings. The van der Waals surface area contributed by atoms with E-state index in [0.717, 1.165) is 51.9 Å². The van der Waals surface area contributed by atoms with E-state index in [1.807, 2.05) is 7.05 Å². The van der Waals surface area contributed by atoms with Crippen LogP contribution in [0.15, 0.2) is 4.99 Å². The zero-order valence-electron chi connectivity index (χ0n) is 14.6. The van der Waals surface area contributed by atoms with Gasteiger partial charge in [-0.2, -0.15) is 0 Å². The van der Waals surface area contributed by atoms with Crippen molar-refractivity contribution in [2.45, 2.75) is 39.7 Å². The number of ether oxygens (including phenoxy) is 1. The van der Waals surface area contributed by atoms with E-state index in [9.17, 15) is 0 Å². The summed E-state index contributed by atoms with van der Waals surface area (Å²) >= 11 is 0. The van der Waals surface area contributed by atoms with E-state index in [2.05, 4.69) is 40.9 Å². The van der Waals surface area contributed by atoms with Gasteiger partial charge in [-0.15, -0.1) is 24.0 Å². The minimum absolute atomic E-state index is 0. The minimum atomic E-state index is 0. The number of nitrogens with one attached hydrogen (secondary N) is 1. The van der Waals surface area contributed by atoms with Gasteiger partial charge in [-0.1, -0.05) is 13.8 Å². The summed E-state index contributed by atoms with van der Waals surface area (Å²) in [5.41, 5.74) is 0.391. The maximum atomic E-state index is 5.61. The number of halogens is 1. The first-order valence-corrected chi connectivity index (χ1v) is 8.41. The number of hydrogen-bond donors (Lipinski definition) is 1. The molecule has 0 amide bonds. The molecule has 0 aliphatic carbocycles. The number of likely N-dealkylation sites (tertiary alicyclic amines) is 1. The molecule has 2 heterocycles. The molecule has 0 radical (unpaired) electrons. The summed E-state index contributed by atoms with van der Waals surface area (Å²) in [5.74, 6) is 1.05. The van der Waals surface area contributed by atoms with E-state index in [1.54, 1.807) is 0 Å². The maximum absolute atomic E-state index is 5.61. The van der Waals surface area contributed by atoms with Gasteiger partial charge < -0.3 is 15.0 Å². The molecule has 130 valence electrons.